The number of likely N-dealkylation sites (N-methyl/N-ethyl adjacent to an activating group) is 2. The van der Waals surface area contributed by atoms with E-state index in [1.807, 2.05) is 59.5 Å². The Hall–Kier alpha value is -4.98. The largest absolute Gasteiger partial charge is 0.340 e. The van der Waals surface area contributed by atoms with Crippen LogP contribution in [0.4, 0.5) is 5.95 Å². The molecular weight excluding hydrogens is 538 g/mol. The molecule has 1 N–H and O–H groups in total. The van der Waals surface area contributed by atoms with Crippen LogP contribution >= 0.6 is 0 Å². The number of rotatable bonds is 8. The van der Waals surface area contributed by atoms with Crippen LogP contribution in [0.3, 0.4) is 0 Å². The number of para-hydroxylation sites is 1. The average Bonchev–Trinajstić information content (AvgIpc) is 3.53. The molecule has 8 heteroatoms. The van der Waals surface area contributed by atoms with Crippen LogP contribution in [0.1, 0.15) is 24.0 Å². The molecule has 6 rings (SSSR count). The third-order valence-corrected chi connectivity index (χ3v) is 8.39. The van der Waals surface area contributed by atoms with Crippen molar-refractivity contribution in [3.63, 3.8) is 0 Å². The molecule has 43 heavy (non-hydrogen) atoms. The maximum Gasteiger partial charge on any atom is 0.260 e. The number of hydrogen-bond acceptors (Lipinski definition) is 5. The van der Waals surface area contributed by atoms with E-state index in [-0.39, 0.29) is 17.4 Å². The molecule has 5 aromatic rings. The van der Waals surface area contributed by atoms with E-state index in [1.54, 1.807) is 42.1 Å². The lowest BCUT2D eigenvalue weighted by atomic mass is 9.99. The number of nitrogens with one attached hydrogen (secondary N) is 1. The zero-order valence-electron chi connectivity index (χ0n) is 24.4. The fraction of sp³-hybridized carbons (Fsp3) is 0.257. The summed E-state index contributed by atoms with van der Waals surface area (Å²) < 4.78 is 0. The van der Waals surface area contributed by atoms with Crippen LogP contribution < -0.4 is 10.5 Å². The Morgan fingerprint density at radius 2 is 1.63 bits per heavy atom. The molecule has 2 amide bonds. The zero-order valence-corrected chi connectivity index (χ0v) is 24.4. The highest BCUT2D eigenvalue weighted by Gasteiger charge is 2.38. The van der Waals surface area contributed by atoms with E-state index in [9.17, 15) is 14.4 Å². The molecule has 1 saturated heterocycles. The number of amides is 2. The summed E-state index contributed by atoms with van der Waals surface area (Å²) in [6.45, 7) is 1.02. The molecule has 0 aliphatic carbocycles. The van der Waals surface area contributed by atoms with Gasteiger partial charge in [-0.1, -0.05) is 84.9 Å². The van der Waals surface area contributed by atoms with Crippen molar-refractivity contribution in [1.29, 1.82) is 0 Å². The Labute approximate surface area is 250 Å². The van der Waals surface area contributed by atoms with Gasteiger partial charge >= 0.3 is 0 Å². The molecule has 0 radical (unpaired) electrons. The first-order valence-corrected chi connectivity index (χ1v) is 14.7. The summed E-state index contributed by atoms with van der Waals surface area (Å²) in [4.78, 5) is 53.8. The molecule has 2 heterocycles. The quantitative estimate of drug-likeness (QED) is 0.289. The number of aromatic nitrogens is 2. The molecule has 1 aliphatic rings. The second kappa shape index (κ2) is 12.1. The minimum atomic E-state index is -0.714. The van der Waals surface area contributed by atoms with E-state index < -0.39 is 12.1 Å². The van der Waals surface area contributed by atoms with E-state index in [2.05, 4.69) is 34.2 Å². The number of anilines is 1. The number of carbonyl (C=O) groups is 2. The summed E-state index contributed by atoms with van der Waals surface area (Å²) in [5, 5.41) is 2.72. The van der Waals surface area contributed by atoms with Crippen LogP contribution in [0.5, 0.6) is 0 Å². The van der Waals surface area contributed by atoms with Crippen LogP contribution in [0, 0.1) is 0 Å². The Morgan fingerprint density at radius 3 is 2.44 bits per heavy atom. The fourth-order valence-electron chi connectivity index (χ4n) is 6.04. The number of aromatic amines is 1. The van der Waals surface area contributed by atoms with E-state index >= 15 is 0 Å². The molecule has 4 aromatic carbocycles. The van der Waals surface area contributed by atoms with Crippen molar-refractivity contribution in [2.75, 3.05) is 25.5 Å². The van der Waals surface area contributed by atoms with Gasteiger partial charge in [-0.3, -0.25) is 19.4 Å². The molecule has 8 nitrogen and oxygen atoms in total. The van der Waals surface area contributed by atoms with Crippen molar-refractivity contribution in [1.82, 2.24) is 19.8 Å². The molecule has 1 fully saturated rings. The first-order valence-electron chi connectivity index (χ1n) is 14.7. The lowest BCUT2D eigenvalue weighted by Gasteiger charge is -2.34. The van der Waals surface area contributed by atoms with Gasteiger partial charge in [0, 0.05) is 33.6 Å². The van der Waals surface area contributed by atoms with Crippen molar-refractivity contribution >= 4 is 39.4 Å². The highest BCUT2D eigenvalue weighted by molar-refractivity contribution is 5.92. The van der Waals surface area contributed by atoms with Gasteiger partial charge in [-0.2, -0.15) is 0 Å². The van der Waals surface area contributed by atoms with Gasteiger partial charge < -0.3 is 14.7 Å². The van der Waals surface area contributed by atoms with Crippen molar-refractivity contribution in [2.24, 2.45) is 0 Å². The second-order valence-corrected chi connectivity index (χ2v) is 11.3. The van der Waals surface area contributed by atoms with Gasteiger partial charge in [0.2, 0.25) is 17.8 Å². The minimum absolute atomic E-state index is 0.130. The SMILES string of the molecule is CN(Cc1ccccc1)C(=O)C(Cc1ccc2ccccc2c1)N(C)C(=O)C1CCCN1c1nc2ccccc2c(=O)[nH]1. The molecule has 1 aliphatic heterocycles. The Morgan fingerprint density at radius 1 is 0.907 bits per heavy atom. The summed E-state index contributed by atoms with van der Waals surface area (Å²) in [7, 11) is 3.50. The Bertz CT molecular complexity index is 1840. The van der Waals surface area contributed by atoms with Gasteiger partial charge in [0.05, 0.1) is 10.9 Å². The normalized spacial score (nSPS) is 15.5. The van der Waals surface area contributed by atoms with Gasteiger partial charge in [-0.15, -0.1) is 0 Å². The minimum Gasteiger partial charge on any atom is -0.340 e. The predicted octanol–water partition coefficient (Wildman–Crippen LogP) is 4.77. The summed E-state index contributed by atoms with van der Waals surface area (Å²) >= 11 is 0. The molecule has 0 spiro atoms. The zero-order chi connectivity index (χ0) is 29.9. The van der Waals surface area contributed by atoms with Crippen LogP contribution in [0.2, 0.25) is 0 Å². The van der Waals surface area contributed by atoms with E-state index in [0.717, 1.165) is 28.3 Å². The van der Waals surface area contributed by atoms with Gasteiger partial charge in [0.15, 0.2) is 0 Å². The maximum absolute atomic E-state index is 14.2. The Balaban J connectivity index is 1.30. The second-order valence-electron chi connectivity index (χ2n) is 11.3. The van der Waals surface area contributed by atoms with Crippen molar-refractivity contribution in [3.05, 3.63) is 119 Å². The smallest absolute Gasteiger partial charge is 0.260 e. The standard InChI is InChI=1S/C35H35N5O3/c1-38(23-24-11-4-3-5-12-24)33(42)31(22-25-18-19-26-13-6-7-14-27(26)21-25)39(2)34(43)30-17-10-20-40(30)35-36-29-16-9-8-15-28(29)32(41)37-35/h3-9,11-16,18-19,21,30-31H,10,17,20,22-23H2,1-2H3,(H,36,37,41). The molecule has 0 bridgehead atoms. The van der Waals surface area contributed by atoms with Crippen LogP contribution in [-0.2, 0) is 22.6 Å². The van der Waals surface area contributed by atoms with Gasteiger partial charge in [0.25, 0.3) is 5.56 Å². The van der Waals surface area contributed by atoms with Gasteiger partial charge in [-0.25, -0.2) is 4.98 Å². The first-order chi connectivity index (χ1) is 20.9. The first kappa shape index (κ1) is 28.2. The van der Waals surface area contributed by atoms with Crippen LogP contribution in [0.15, 0.2) is 102 Å². The third-order valence-electron chi connectivity index (χ3n) is 8.39. The molecule has 2 unspecified atom stereocenters. The maximum atomic E-state index is 14.2. The predicted molar refractivity (Wildman–Crippen MR) is 170 cm³/mol. The topological polar surface area (TPSA) is 89.6 Å². The van der Waals surface area contributed by atoms with Gasteiger partial charge in [-0.05, 0) is 46.9 Å². The monoisotopic (exact) mass is 573 g/mol. The number of nitrogens with zero attached hydrogens (tertiary/aromatic N) is 4. The van der Waals surface area contributed by atoms with Crippen molar-refractivity contribution in [3.8, 4) is 0 Å². The number of hydrogen-bond donors (Lipinski definition) is 1. The summed E-state index contributed by atoms with van der Waals surface area (Å²) in [6.07, 6.45) is 1.76. The van der Waals surface area contributed by atoms with Crippen molar-refractivity contribution in [2.45, 2.75) is 37.9 Å². The number of H-pyrrole nitrogens is 1. The number of fused-ring (bicyclic) bond motifs is 2. The molecule has 2 atom stereocenters. The molecular formula is C35H35N5O3. The summed E-state index contributed by atoms with van der Waals surface area (Å²) in [6, 6.07) is 30.1. The van der Waals surface area contributed by atoms with E-state index in [0.29, 0.717) is 42.8 Å². The highest BCUT2D eigenvalue weighted by Crippen LogP contribution is 2.26. The number of benzene rings is 4. The van der Waals surface area contributed by atoms with E-state index in [4.69, 9.17) is 0 Å². The van der Waals surface area contributed by atoms with Crippen molar-refractivity contribution < 1.29 is 9.59 Å². The van der Waals surface area contributed by atoms with E-state index in [1.165, 1.54) is 0 Å². The summed E-state index contributed by atoms with van der Waals surface area (Å²) in [5.41, 5.74) is 2.34. The Kier molecular flexibility index (Phi) is 7.92. The van der Waals surface area contributed by atoms with Crippen LogP contribution in [-0.4, -0.2) is 64.3 Å². The summed E-state index contributed by atoms with van der Waals surface area (Å²) in [5.74, 6) is 0.0850. The fourth-order valence-corrected chi connectivity index (χ4v) is 6.04. The lowest BCUT2D eigenvalue weighted by Crippen LogP contribution is -2.54. The highest BCUT2D eigenvalue weighted by atomic mass is 16.2. The molecule has 1 aromatic heterocycles. The molecule has 218 valence electrons. The number of carbonyl (C=O) groups excluding carboxylic acids is 2. The molecule has 0 saturated carbocycles. The van der Waals surface area contributed by atoms with Gasteiger partial charge in [0.1, 0.15) is 12.1 Å². The van der Waals surface area contributed by atoms with Crippen LogP contribution in [0.25, 0.3) is 21.7 Å². The third kappa shape index (κ3) is 5.86. The lowest BCUT2D eigenvalue weighted by molar-refractivity contribution is -0.144. The average molecular weight is 574 g/mol.